The van der Waals surface area contributed by atoms with Crippen molar-refractivity contribution in [3.05, 3.63) is 29.2 Å². The van der Waals surface area contributed by atoms with Crippen molar-refractivity contribution in [3.8, 4) is 0 Å². The average Bonchev–Trinajstić information content (AvgIpc) is 2.85. The third-order valence-electron chi connectivity index (χ3n) is 2.71. The van der Waals surface area contributed by atoms with Gasteiger partial charge in [-0.15, -0.1) is 0 Å². The first kappa shape index (κ1) is 12.2. The number of carbonyl (C=O) groups excluding carboxylic acids is 1. The van der Waals surface area contributed by atoms with Crippen LogP contribution in [0.4, 0.5) is 5.82 Å². The molecule has 0 unspecified atom stereocenters. The van der Waals surface area contributed by atoms with Crippen molar-refractivity contribution >= 4 is 11.7 Å². The van der Waals surface area contributed by atoms with Crippen molar-refractivity contribution in [3.63, 3.8) is 0 Å². The van der Waals surface area contributed by atoms with Crippen molar-refractivity contribution in [1.29, 1.82) is 0 Å². The Kier molecular flexibility index (Phi) is 3.05. The van der Waals surface area contributed by atoms with E-state index < -0.39 is 0 Å². The Morgan fingerprint density at radius 2 is 2.33 bits per heavy atom. The maximum absolute atomic E-state index is 12.2. The fourth-order valence-corrected chi connectivity index (χ4v) is 1.81. The van der Waals surface area contributed by atoms with Gasteiger partial charge in [0.15, 0.2) is 5.82 Å². The average molecular weight is 248 g/mol. The Balaban J connectivity index is 2.14. The van der Waals surface area contributed by atoms with Crippen molar-refractivity contribution in [1.82, 2.24) is 24.9 Å². The van der Waals surface area contributed by atoms with E-state index in [1.54, 1.807) is 29.7 Å². The summed E-state index contributed by atoms with van der Waals surface area (Å²) in [7, 11) is 3.56. The maximum atomic E-state index is 12.2. The minimum Gasteiger partial charge on any atom is -0.382 e. The van der Waals surface area contributed by atoms with Gasteiger partial charge in [-0.3, -0.25) is 14.6 Å². The molecule has 2 aromatic rings. The smallest absolute Gasteiger partial charge is 0.259 e. The lowest BCUT2D eigenvalue weighted by Gasteiger charge is -2.16. The van der Waals surface area contributed by atoms with Gasteiger partial charge in [-0.05, 0) is 6.92 Å². The third-order valence-corrected chi connectivity index (χ3v) is 2.71. The molecule has 0 saturated heterocycles. The van der Waals surface area contributed by atoms with Crippen LogP contribution < -0.4 is 5.73 Å². The van der Waals surface area contributed by atoms with Crippen molar-refractivity contribution in [2.75, 3.05) is 12.8 Å². The number of nitrogen functional groups attached to an aromatic ring is 1. The summed E-state index contributed by atoms with van der Waals surface area (Å²) in [4.78, 5) is 13.8. The first-order chi connectivity index (χ1) is 8.49. The molecule has 0 radical (unpaired) electrons. The first-order valence-electron chi connectivity index (χ1n) is 5.52. The molecule has 2 aromatic heterocycles. The van der Waals surface area contributed by atoms with E-state index >= 15 is 0 Å². The van der Waals surface area contributed by atoms with Gasteiger partial charge in [-0.25, -0.2) is 0 Å². The van der Waals surface area contributed by atoms with Crippen LogP contribution in [0.3, 0.4) is 0 Å². The van der Waals surface area contributed by atoms with Crippen molar-refractivity contribution < 1.29 is 4.79 Å². The lowest BCUT2D eigenvalue weighted by molar-refractivity contribution is 0.0785. The first-order valence-corrected chi connectivity index (χ1v) is 5.52. The van der Waals surface area contributed by atoms with E-state index in [1.165, 1.54) is 0 Å². The van der Waals surface area contributed by atoms with E-state index in [0.29, 0.717) is 17.8 Å². The monoisotopic (exact) mass is 248 g/mol. The van der Waals surface area contributed by atoms with Crippen LogP contribution in [0, 0.1) is 6.92 Å². The highest BCUT2D eigenvalue weighted by Gasteiger charge is 2.20. The van der Waals surface area contributed by atoms with Crippen LogP contribution in [0.1, 0.15) is 21.6 Å². The fraction of sp³-hybridized carbons (Fsp3) is 0.364. The quantitative estimate of drug-likeness (QED) is 0.817. The number of anilines is 1. The van der Waals surface area contributed by atoms with Crippen LogP contribution in [-0.4, -0.2) is 37.8 Å². The minimum absolute atomic E-state index is 0.150. The van der Waals surface area contributed by atoms with Gasteiger partial charge >= 0.3 is 0 Å². The van der Waals surface area contributed by atoms with Crippen LogP contribution >= 0.6 is 0 Å². The number of aromatic nitrogens is 4. The number of H-pyrrole nitrogens is 1. The summed E-state index contributed by atoms with van der Waals surface area (Å²) >= 11 is 0. The molecule has 0 fully saturated rings. The molecule has 0 aliphatic carbocycles. The van der Waals surface area contributed by atoms with Crippen molar-refractivity contribution in [2.24, 2.45) is 7.05 Å². The molecule has 0 aliphatic heterocycles. The van der Waals surface area contributed by atoms with Gasteiger partial charge in [0.2, 0.25) is 0 Å². The molecule has 7 nitrogen and oxygen atoms in total. The molecule has 0 aromatic carbocycles. The number of aromatic amines is 1. The molecule has 18 heavy (non-hydrogen) atoms. The summed E-state index contributed by atoms with van der Waals surface area (Å²) in [6, 6.07) is 0. The number of hydrogen-bond acceptors (Lipinski definition) is 4. The van der Waals surface area contributed by atoms with Gasteiger partial charge < -0.3 is 10.6 Å². The predicted molar refractivity (Wildman–Crippen MR) is 66.7 cm³/mol. The fourth-order valence-electron chi connectivity index (χ4n) is 1.81. The van der Waals surface area contributed by atoms with Crippen LogP contribution in [0.15, 0.2) is 12.4 Å². The summed E-state index contributed by atoms with van der Waals surface area (Å²) in [5.41, 5.74) is 7.75. The summed E-state index contributed by atoms with van der Waals surface area (Å²) in [6.07, 6.45) is 3.60. The van der Waals surface area contributed by atoms with E-state index in [9.17, 15) is 4.79 Å². The summed E-state index contributed by atoms with van der Waals surface area (Å²) in [5.74, 6) is 0.0816. The molecule has 0 bridgehead atoms. The Hall–Kier alpha value is -2.31. The number of amides is 1. The second kappa shape index (κ2) is 4.52. The molecule has 0 spiro atoms. The van der Waals surface area contributed by atoms with Crippen molar-refractivity contribution in [2.45, 2.75) is 13.5 Å². The zero-order valence-electron chi connectivity index (χ0n) is 10.6. The van der Waals surface area contributed by atoms with Crippen LogP contribution in [0.25, 0.3) is 0 Å². The third kappa shape index (κ3) is 2.20. The molecule has 1 amide bonds. The molecule has 7 heteroatoms. The van der Waals surface area contributed by atoms with Gasteiger partial charge in [0.1, 0.15) is 5.56 Å². The van der Waals surface area contributed by atoms with E-state index in [2.05, 4.69) is 15.3 Å². The predicted octanol–water partition coefficient (Wildman–Crippen LogP) is 0.306. The second-order valence-electron chi connectivity index (χ2n) is 4.29. The van der Waals surface area contributed by atoms with Gasteiger partial charge in [0.05, 0.1) is 6.20 Å². The normalized spacial score (nSPS) is 10.6. The summed E-state index contributed by atoms with van der Waals surface area (Å²) in [6.45, 7) is 2.26. The van der Waals surface area contributed by atoms with Crippen LogP contribution in [-0.2, 0) is 13.6 Å². The number of hydrogen-bond donors (Lipinski definition) is 2. The zero-order valence-corrected chi connectivity index (χ0v) is 10.6. The molecule has 0 aliphatic rings. The molecular formula is C11H16N6O. The van der Waals surface area contributed by atoms with E-state index in [1.807, 2.05) is 13.2 Å². The number of nitrogens with zero attached hydrogens (tertiary/aromatic N) is 4. The number of carbonyl (C=O) groups is 1. The van der Waals surface area contributed by atoms with E-state index in [-0.39, 0.29) is 11.7 Å². The Labute approximate surface area is 105 Å². The zero-order chi connectivity index (χ0) is 13.3. The Morgan fingerprint density at radius 3 is 2.83 bits per heavy atom. The molecular weight excluding hydrogens is 232 g/mol. The second-order valence-corrected chi connectivity index (χ2v) is 4.29. The maximum Gasteiger partial charge on any atom is 0.259 e. The number of nitrogens with one attached hydrogen (secondary N) is 1. The standard InChI is InChI=1S/C11H16N6O/c1-7-9(10(12)15-14-7)11(18)16(2)5-8-4-13-17(3)6-8/h4,6H,5H2,1-3H3,(H3,12,14,15). The van der Waals surface area contributed by atoms with Gasteiger partial charge in [0.25, 0.3) is 5.91 Å². The lowest BCUT2D eigenvalue weighted by atomic mass is 10.2. The molecule has 0 saturated carbocycles. The Morgan fingerprint density at radius 1 is 1.61 bits per heavy atom. The van der Waals surface area contributed by atoms with E-state index in [0.717, 1.165) is 5.56 Å². The summed E-state index contributed by atoms with van der Waals surface area (Å²) < 4.78 is 1.70. The number of aryl methyl sites for hydroxylation is 2. The highest BCUT2D eigenvalue weighted by molar-refractivity contribution is 5.99. The molecule has 2 heterocycles. The minimum atomic E-state index is -0.150. The number of nitrogens with two attached hydrogens (primary N) is 1. The molecule has 2 rings (SSSR count). The van der Waals surface area contributed by atoms with Gasteiger partial charge in [0, 0.05) is 38.1 Å². The Bertz CT molecular complexity index is 550. The molecule has 3 N–H and O–H groups in total. The van der Waals surface area contributed by atoms with Gasteiger partial charge in [-0.1, -0.05) is 0 Å². The molecule has 0 atom stereocenters. The molecule has 96 valence electrons. The largest absolute Gasteiger partial charge is 0.382 e. The van der Waals surface area contributed by atoms with Crippen LogP contribution in [0.5, 0.6) is 0 Å². The summed E-state index contributed by atoms with van der Waals surface area (Å²) in [5, 5.41) is 10.6. The van der Waals surface area contributed by atoms with E-state index in [4.69, 9.17) is 5.73 Å². The SMILES string of the molecule is Cc1[nH]nc(N)c1C(=O)N(C)Cc1cnn(C)c1. The van der Waals surface area contributed by atoms with Gasteiger partial charge in [-0.2, -0.15) is 10.2 Å². The lowest BCUT2D eigenvalue weighted by Crippen LogP contribution is -2.27. The highest BCUT2D eigenvalue weighted by atomic mass is 16.2. The highest BCUT2D eigenvalue weighted by Crippen LogP contribution is 2.15. The van der Waals surface area contributed by atoms with Crippen LogP contribution in [0.2, 0.25) is 0 Å². The number of rotatable bonds is 3. The topological polar surface area (TPSA) is 92.8 Å².